The number of alkyl halides is 3. The molecule has 2 saturated heterocycles. The summed E-state index contributed by atoms with van der Waals surface area (Å²) < 4.78 is 38.0. The number of carbonyl (C=O) groups is 1. The van der Waals surface area contributed by atoms with Gasteiger partial charge in [0.2, 0.25) is 0 Å². The Morgan fingerprint density at radius 3 is 2.26 bits per heavy atom. The maximum absolute atomic E-state index is 12.7. The molecule has 0 spiro atoms. The van der Waals surface area contributed by atoms with Crippen LogP contribution in [-0.4, -0.2) is 77.6 Å². The van der Waals surface area contributed by atoms with Crippen LogP contribution < -0.4 is 5.32 Å². The first-order valence-electron chi connectivity index (χ1n) is 11.9. The minimum absolute atomic E-state index is 0.00977. The first kappa shape index (κ1) is 24.5. The third kappa shape index (κ3) is 6.70. The number of piperidine rings is 1. The van der Waals surface area contributed by atoms with E-state index >= 15 is 0 Å². The van der Waals surface area contributed by atoms with Crippen LogP contribution in [0.15, 0.2) is 48.7 Å². The molecule has 0 unspecified atom stereocenters. The van der Waals surface area contributed by atoms with Gasteiger partial charge in [0.25, 0.3) is 0 Å². The van der Waals surface area contributed by atoms with Gasteiger partial charge in [-0.15, -0.1) is 0 Å². The number of aromatic nitrogens is 1. The molecule has 6 nitrogen and oxygen atoms in total. The van der Waals surface area contributed by atoms with Crippen molar-refractivity contribution in [2.75, 3.05) is 45.8 Å². The van der Waals surface area contributed by atoms with Crippen LogP contribution in [-0.2, 0) is 19.1 Å². The molecule has 2 aromatic rings. The highest BCUT2D eigenvalue weighted by atomic mass is 19.4. The van der Waals surface area contributed by atoms with Crippen LogP contribution >= 0.6 is 0 Å². The molecular weight excluding hydrogens is 443 g/mol. The number of urea groups is 1. The number of likely N-dealkylation sites (tertiary alicyclic amines) is 1. The lowest BCUT2D eigenvalue weighted by Crippen LogP contribution is -2.56. The Morgan fingerprint density at radius 2 is 1.65 bits per heavy atom. The number of hydrogen-bond donors (Lipinski definition) is 1. The zero-order chi connectivity index (χ0) is 24.0. The van der Waals surface area contributed by atoms with E-state index in [0.717, 1.165) is 70.2 Å². The monoisotopic (exact) mass is 475 g/mol. The van der Waals surface area contributed by atoms with Crippen LogP contribution in [0, 0.1) is 0 Å². The molecule has 0 bridgehead atoms. The highest BCUT2D eigenvalue weighted by Gasteiger charge is 2.32. The molecule has 0 aliphatic carbocycles. The minimum Gasteiger partial charge on any atom is -0.338 e. The Labute approximate surface area is 198 Å². The number of benzene rings is 1. The van der Waals surface area contributed by atoms with Crippen LogP contribution in [0.3, 0.4) is 0 Å². The SMILES string of the molecule is O=C(NCCc1ccccc1)N1CCN(C2CCN(Cc3ccc(C(F)(F)F)nc3)CC2)CC1. The van der Waals surface area contributed by atoms with Crippen molar-refractivity contribution in [2.45, 2.75) is 38.0 Å². The van der Waals surface area contributed by atoms with Gasteiger partial charge in [0.05, 0.1) is 0 Å². The maximum atomic E-state index is 12.7. The van der Waals surface area contributed by atoms with E-state index in [0.29, 0.717) is 19.1 Å². The van der Waals surface area contributed by atoms with Gasteiger partial charge in [-0.25, -0.2) is 4.79 Å². The fourth-order valence-electron chi connectivity index (χ4n) is 4.75. The molecule has 2 aliphatic heterocycles. The average Bonchev–Trinajstić information content (AvgIpc) is 2.85. The van der Waals surface area contributed by atoms with E-state index in [1.54, 1.807) is 0 Å². The van der Waals surface area contributed by atoms with E-state index in [2.05, 4.69) is 32.2 Å². The largest absolute Gasteiger partial charge is 0.433 e. The summed E-state index contributed by atoms with van der Waals surface area (Å²) in [6, 6.07) is 13.2. The molecule has 2 fully saturated rings. The molecular formula is C25H32F3N5O. The molecule has 1 aromatic heterocycles. The standard InChI is InChI=1S/C25H32F3N5O/c26-25(27,28)23-7-6-21(18-30-23)19-31-12-9-22(10-13-31)32-14-16-33(17-15-32)24(34)29-11-8-20-4-2-1-3-5-20/h1-7,18,22H,8-17,19H2,(H,29,34). The summed E-state index contributed by atoms with van der Waals surface area (Å²) in [7, 11) is 0. The molecule has 2 aliphatic rings. The smallest absolute Gasteiger partial charge is 0.338 e. The van der Waals surface area contributed by atoms with E-state index in [1.165, 1.54) is 17.8 Å². The molecule has 34 heavy (non-hydrogen) atoms. The summed E-state index contributed by atoms with van der Waals surface area (Å²) in [6.07, 6.45) is -0.189. The lowest BCUT2D eigenvalue weighted by Gasteiger charge is -2.42. The van der Waals surface area contributed by atoms with Gasteiger partial charge in [-0.3, -0.25) is 14.8 Å². The molecule has 3 heterocycles. The van der Waals surface area contributed by atoms with Crippen molar-refractivity contribution in [3.05, 3.63) is 65.5 Å². The van der Waals surface area contributed by atoms with E-state index < -0.39 is 11.9 Å². The van der Waals surface area contributed by atoms with Crippen LogP contribution in [0.5, 0.6) is 0 Å². The normalized spacial score (nSPS) is 18.7. The first-order valence-corrected chi connectivity index (χ1v) is 11.9. The van der Waals surface area contributed by atoms with Crippen molar-refractivity contribution in [1.82, 2.24) is 25.0 Å². The van der Waals surface area contributed by atoms with Gasteiger partial charge in [-0.2, -0.15) is 13.2 Å². The second-order valence-electron chi connectivity index (χ2n) is 9.05. The highest BCUT2D eigenvalue weighted by molar-refractivity contribution is 5.74. The summed E-state index contributed by atoms with van der Waals surface area (Å²) in [6.45, 7) is 6.28. The topological polar surface area (TPSA) is 51.7 Å². The predicted molar refractivity (Wildman–Crippen MR) is 124 cm³/mol. The number of amides is 2. The van der Waals surface area contributed by atoms with E-state index in [4.69, 9.17) is 0 Å². The number of hydrogen-bond acceptors (Lipinski definition) is 4. The van der Waals surface area contributed by atoms with Gasteiger partial charge in [0.1, 0.15) is 5.69 Å². The van der Waals surface area contributed by atoms with Gasteiger partial charge in [0, 0.05) is 51.5 Å². The average molecular weight is 476 g/mol. The van der Waals surface area contributed by atoms with Crippen molar-refractivity contribution in [3.8, 4) is 0 Å². The number of piperazine rings is 1. The molecule has 0 saturated carbocycles. The van der Waals surface area contributed by atoms with Crippen molar-refractivity contribution < 1.29 is 18.0 Å². The quantitative estimate of drug-likeness (QED) is 0.693. The fourth-order valence-corrected chi connectivity index (χ4v) is 4.75. The first-order chi connectivity index (χ1) is 16.4. The number of rotatable bonds is 6. The summed E-state index contributed by atoms with van der Waals surface area (Å²) >= 11 is 0. The Kier molecular flexibility index (Phi) is 8.05. The predicted octanol–water partition coefficient (Wildman–Crippen LogP) is 3.63. The Bertz CT molecular complexity index is 906. The van der Waals surface area contributed by atoms with Crippen LogP contribution in [0.4, 0.5) is 18.0 Å². The van der Waals surface area contributed by atoms with E-state index in [-0.39, 0.29) is 6.03 Å². The Hall–Kier alpha value is -2.65. The number of carbonyl (C=O) groups excluding carboxylic acids is 1. The zero-order valence-corrected chi connectivity index (χ0v) is 19.3. The molecule has 9 heteroatoms. The third-order valence-electron chi connectivity index (χ3n) is 6.73. The lowest BCUT2D eigenvalue weighted by atomic mass is 10.0. The van der Waals surface area contributed by atoms with Gasteiger partial charge in [-0.05, 0) is 49.5 Å². The number of nitrogens with one attached hydrogen (secondary N) is 1. The van der Waals surface area contributed by atoms with Gasteiger partial charge >= 0.3 is 12.2 Å². The van der Waals surface area contributed by atoms with Crippen molar-refractivity contribution in [3.63, 3.8) is 0 Å². The summed E-state index contributed by atoms with van der Waals surface area (Å²) in [5.74, 6) is 0. The van der Waals surface area contributed by atoms with Gasteiger partial charge < -0.3 is 10.2 Å². The van der Waals surface area contributed by atoms with Gasteiger partial charge in [0.15, 0.2) is 0 Å². The maximum Gasteiger partial charge on any atom is 0.433 e. The highest BCUT2D eigenvalue weighted by Crippen LogP contribution is 2.27. The molecule has 4 rings (SSSR count). The van der Waals surface area contributed by atoms with Crippen molar-refractivity contribution >= 4 is 6.03 Å². The van der Waals surface area contributed by atoms with Crippen LogP contribution in [0.1, 0.15) is 29.7 Å². The fraction of sp³-hybridized carbons (Fsp3) is 0.520. The molecule has 0 radical (unpaired) electrons. The summed E-state index contributed by atoms with van der Waals surface area (Å²) in [4.78, 5) is 22.7. The molecule has 1 N–H and O–H groups in total. The lowest BCUT2D eigenvalue weighted by molar-refractivity contribution is -0.141. The van der Waals surface area contributed by atoms with Crippen molar-refractivity contribution in [1.29, 1.82) is 0 Å². The Morgan fingerprint density at radius 1 is 0.941 bits per heavy atom. The van der Waals surface area contributed by atoms with Crippen LogP contribution in [0.25, 0.3) is 0 Å². The van der Waals surface area contributed by atoms with E-state index in [9.17, 15) is 18.0 Å². The molecule has 184 valence electrons. The second kappa shape index (κ2) is 11.2. The molecule has 2 amide bonds. The molecule has 0 atom stereocenters. The Balaban J connectivity index is 1.14. The van der Waals surface area contributed by atoms with E-state index in [1.807, 2.05) is 23.1 Å². The second-order valence-corrected chi connectivity index (χ2v) is 9.05. The van der Waals surface area contributed by atoms with Gasteiger partial charge in [-0.1, -0.05) is 36.4 Å². The number of nitrogens with zero attached hydrogens (tertiary/aromatic N) is 4. The van der Waals surface area contributed by atoms with Crippen molar-refractivity contribution in [2.24, 2.45) is 0 Å². The number of halogens is 3. The summed E-state index contributed by atoms with van der Waals surface area (Å²) in [5.41, 5.74) is 1.17. The number of pyridine rings is 1. The zero-order valence-electron chi connectivity index (χ0n) is 19.3. The third-order valence-corrected chi connectivity index (χ3v) is 6.73. The summed E-state index contributed by atoms with van der Waals surface area (Å²) in [5, 5.41) is 3.03. The molecule has 1 aromatic carbocycles. The van der Waals surface area contributed by atoms with Crippen LogP contribution in [0.2, 0.25) is 0 Å². The minimum atomic E-state index is -4.40.